The Balaban J connectivity index is 2.60. The van der Waals surface area contributed by atoms with Crippen LogP contribution in [0.5, 0.6) is 0 Å². The third-order valence-electron chi connectivity index (χ3n) is 2.37. The quantitative estimate of drug-likeness (QED) is 0.750. The number of allylic oxidation sites excluding steroid dienone is 1. The van der Waals surface area contributed by atoms with Gasteiger partial charge in [0.2, 0.25) is 6.29 Å². The van der Waals surface area contributed by atoms with Crippen LogP contribution in [-0.2, 0) is 4.79 Å². The SMILES string of the molecule is CC([C]=O)=C(c1ccccn1)c1ccccn1. The zero-order valence-electron chi connectivity index (χ0n) is 9.42. The monoisotopic (exact) mass is 223 g/mol. The van der Waals surface area contributed by atoms with E-state index >= 15 is 0 Å². The Morgan fingerprint density at radius 3 is 1.88 bits per heavy atom. The van der Waals surface area contributed by atoms with Crippen molar-refractivity contribution in [3.63, 3.8) is 0 Å². The molecule has 0 aliphatic heterocycles. The third-order valence-corrected chi connectivity index (χ3v) is 2.37. The highest BCUT2D eigenvalue weighted by Gasteiger charge is 2.10. The maximum absolute atomic E-state index is 10.9. The van der Waals surface area contributed by atoms with Crippen LogP contribution in [0, 0.1) is 0 Å². The Morgan fingerprint density at radius 2 is 1.53 bits per heavy atom. The molecule has 0 fully saturated rings. The summed E-state index contributed by atoms with van der Waals surface area (Å²) in [6.07, 6.45) is 5.29. The average molecular weight is 223 g/mol. The molecular weight excluding hydrogens is 212 g/mol. The maximum atomic E-state index is 10.9. The van der Waals surface area contributed by atoms with Crippen molar-refractivity contribution in [3.05, 3.63) is 65.8 Å². The lowest BCUT2D eigenvalue weighted by Crippen LogP contribution is -1.97. The van der Waals surface area contributed by atoms with Gasteiger partial charge in [-0.2, -0.15) is 0 Å². The van der Waals surface area contributed by atoms with Crippen molar-refractivity contribution in [1.29, 1.82) is 0 Å². The Hall–Kier alpha value is -2.29. The van der Waals surface area contributed by atoms with Crippen LogP contribution in [0.25, 0.3) is 5.57 Å². The molecule has 2 heterocycles. The van der Waals surface area contributed by atoms with E-state index in [9.17, 15) is 4.79 Å². The molecule has 0 aliphatic rings. The molecule has 0 spiro atoms. The molecule has 1 radical (unpaired) electrons. The van der Waals surface area contributed by atoms with E-state index in [0.29, 0.717) is 5.57 Å². The standard InChI is InChI=1S/C14H11N2O/c1-11(10-17)14(12-6-2-4-8-15-12)13-7-3-5-9-16-13/h2-9H,1H3. The van der Waals surface area contributed by atoms with Crippen molar-refractivity contribution in [2.24, 2.45) is 0 Å². The highest BCUT2D eigenvalue weighted by molar-refractivity contribution is 5.92. The fourth-order valence-corrected chi connectivity index (χ4v) is 1.59. The summed E-state index contributed by atoms with van der Waals surface area (Å²) in [7, 11) is 0. The number of hydrogen-bond acceptors (Lipinski definition) is 3. The van der Waals surface area contributed by atoms with Crippen LogP contribution in [0.15, 0.2) is 54.4 Å². The largest absolute Gasteiger partial charge is 0.285 e. The summed E-state index contributed by atoms with van der Waals surface area (Å²) < 4.78 is 0. The van der Waals surface area contributed by atoms with Gasteiger partial charge >= 0.3 is 0 Å². The molecule has 17 heavy (non-hydrogen) atoms. The second-order valence-corrected chi connectivity index (χ2v) is 3.53. The number of rotatable bonds is 3. The van der Waals surface area contributed by atoms with E-state index < -0.39 is 0 Å². The first-order chi connectivity index (χ1) is 8.33. The topological polar surface area (TPSA) is 42.9 Å². The summed E-state index contributed by atoms with van der Waals surface area (Å²) in [5.74, 6) is 0. The first kappa shape index (κ1) is 11.2. The van der Waals surface area contributed by atoms with Gasteiger partial charge in [0.25, 0.3) is 0 Å². The number of hydrogen-bond donors (Lipinski definition) is 0. The van der Waals surface area contributed by atoms with Gasteiger partial charge in [-0.25, -0.2) is 0 Å². The maximum Gasteiger partial charge on any atom is 0.229 e. The van der Waals surface area contributed by atoms with Gasteiger partial charge in [-0.15, -0.1) is 0 Å². The van der Waals surface area contributed by atoms with Crippen LogP contribution in [0.4, 0.5) is 0 Å². The molecule has 2 aromatic heterocycles. The predicted molar refractivity (Wildman–Crippen MR) is 65.9 cm³/mol. The van der Waals surface area contributed by atoms with E-state index in [0.717, 1.165) is 17.0 Å². The minimum Gasteiger partial charge on any atom is -0.285 e. The van der Waals surface area contributed by atoms with Crippen molar-refractivity contribution in [1.82, 2.24) is 9.97 Å². The van der Waals surface area contributed by atoms with E-state index in [1.165, 1.54) is 0 Å². The zero-order valence-corrected chi connectivity index (χ0v) is 9.42. The molecule has 0 saturated carbocycles. The zero-order chi connectivity index (χ0) is 12.1. The van der Waals surface area contributed by atoms with E-state index in [4.69, 9.17) is 0 Å². The molecule has 0 N–H and O–H groups in total. The van der Waals surface area contributed by atoms with Crippen LogP contribution in [0.1, 0.15) is 18.3 Å². The lowest BCUT2D eigenvalue weighted by atomic mass is 10.0. The molecule has 3 heteroatoms. The minimum atomic E-state index is 0.502. The van der Waals surface area contributed by atoms with Crippen LogP contribution in [0.3, 0.4) is 0 Å². The number of carbonyl (C=O) groups excluding carboxylic acids is 1. The van der Waals surface area contributed by atoms with Crippen LogP contribution < -0.4 is 0 Å². The highest BCUT2D eigenvalue weighted by Crippen LogP contribution is 2.22. The van der Waals surface area contributed by atoms with E-state index in [1.807, 2.05) is 42.7 Å². The van der Waals surface area contributed by atoms with Gasteiger partial charge in [-0.3, -0.25) is 14.8 Å². The summed E-state index contributed by atoms with van der Waals surface area (Å²) in [5.41, 5.74) is 2.68. The Morgan fingerprint density at radius 1 is 1.00 bits per heavy atom. The summed E-state index contributed by atoms with van der Waals surface area (Å²) >= 11 is 0. The van der Waals surface area contributed by atoms with Crippen LogP contribution in [0.2, 0.25) is 0 Å². The fraction of sp³-hybridized carbons (Fsp3) is 0.0714. The first-order valence-electron chi connectivity index (χ1n) is 5.25. The number of aromatic nitrogens is 2. The second-order valence-electron chi connectivity index (χ2n) is 3.53. The molecule has 83 valence electrons. The van der Waals surface area contributed by atoms with Gasteiger partial charge in [-0.05, 0) is 31.2 Å². The molecule has 0 aliphatic carbocycles. The number of nitrogens with zero attached hydrogens (tertiary/aromatic N) is 2. The van der Waals surface area contributed by atoms with Gasteiger partial charge < -0.3 is 0 Å². The van der Waals surface area contributed by atoms with Crippen LogP contribution >= 0.6 is 0 Å². The molecule has 2 aromatic rings. The van der Waals surface area contributed by atoms with Gasteiger partial charge in [-0.1, -0.05) is 12.1 Å². The van der Waals surface area contributed by atoms with Gasteiger partial charge in [0.1, 0.15) is 0 Å². The molecule has 0 atom stereocenters. The second kappa shape index (κ2) is 5.16. The Kier molecular flexibility index (Phi) is 3.40. The normalized spacial score (nSPS) is 9.71. The van der Waals surface area contributed by atoms with E-state index in [-0.39, 0.29) is 0 Å². The molecule has 0 aromatic carbocycles. The van der Waals surface area contributed by atoms with Gasteiger partial charge in [0.05, 0.1) is 11.4 Å². The summed E-state index contributed by atoms with van der Waals surface area (Å²) in [5, 5.41) is 0. The predicted octanol–water partition coefficient (Wildman–Crippen LogP) is 2.41. The van der Waals surface area contributed by atoms with E-state index in [2.05, 4.69) is 9.97 Å². The molecule has 0 saturated heterocycles. The first-order valence-corrected chi connectivity index (χ1v) is 5.25. The summed E-state index contributed by atoms with van der Waals surface area (Å²) in [4.78, 5) is 19.3. The molecule has 0 unspecified atom stereocenters. The average Bonchev–Trinajstić information content (AvgIpc) is 2.41. The Bertz CT molecular complexity index is 491. The van der Waals surface area contributed by atoms with Crippen molar-refractivity contribution in [3.8, 4) is 0 Å². The van der Waals surface area contributed by atoms with Crippen molar-refractivity contribution < 1.29 is 4.79 Å². The molecule has 0 bridgehead atoms. The lowest BCUT2D eigenvalue weighted by Gasteiger charge is -2.07. The van der Waals surface area contributed by atoms with Crippen LogP contribution in [-0.4, -0.2) is 16.3 Å². The number of pyridine rings is 2. The Labute approximate surface area is 99.9 Å². The molecule has 3 nitrogen and oxygen atoms in total. The smallest absolute Gasteiger partial charge is 0.229 e. The molecule has 2 rings (SSSR count). The van der Waals surface area contributed by atoms with Gasteiger partial charge in [0.15, 0.2) is 0 Å². The van der Waals surface area contributed by atoms with Crippen molar-refractivity contribution in [2.45, 2.75) is 6.92 Å². The van der Waals surface area contributed by atoms with Gasteiger partial charge in [0, 0.05) is 23.5 Å². The van der Waals surface area contributed by atoms with E-state index in [1.54, 1.807) is 19.3 Å². The van der Waals surface area contributed by atoms with Crippen molar-refractivity contribution in [2.75, 3.05) is 0 Å². The lowest BCUT2D eigenvalue weighted by molar-refractivity contribution is 0.562. The highest BCUT2D eigenvalue weighted by atomic mass is 16.1. The summed E-state index contributed by atoms with van der Waals surface area (Å²) in [6, 6.07) is 11.1. The molecule has 0 amide bonds. The summed E-state index contributed by atoms with van der Waals surface area (Å²) in [6.45, 7) is 1.71. The third kappa shape index (κ3) is 2.45. The minimum absolute atomic E-state index is 0.502. The molecular formula is C14H11N2O. The van der Waals surface area contributed by atoms with Crippen molar-refractivity contribution >= 4 is 11.9 Å². The fourth-order valence-electron chi connectivity index (χ4n) is 1.59.